The first-order valence-electron chi connectivity index (χ1n) is 8.21. The molecule has 0 aliphatic rings. The third-order valence-electron chi connectivity index (χ3n) is 3.87. The van der Waals surface area contributed by atoms with Gasteiger partial charge in [0.2, 0.25) is 11.7 Å². The Hall–Kier alpha value is -3.82. The zero-order valence-electron chi connectivity index (χ0n) is 14.7. The Morgan fingerprint density at radius 1 is 0.929 bits per heavy atom. The van der Waals surface area contributed by atoms with Crippen molar-refractivity contribution in [3.05, 3.63) is 92.7 Å². The van der Waals surface area contributed by atoms with E-state index in [-0.39, 0.29) is 31.3 Å². The molecule has 0 atom stereocenters. The lowest BCUT2D eigenvalue weighted by Crippen LogP contribution is -2.54. The SMILES string of the molecule is C=CCn1c(=O)n(CC=C)c(=O)n(Cc2nc(-c3ccc(F)cc3)no2)c1=O. The molecular formula is C18H16FN5O4. The Bertz CT molecular complexity index is 1150. The molecule has 0 aliphatic carbocycles. The molecule has 1 aromatic carbocycles. The molecule has 0 unspecified atom stereocenters. The highest BCUT2D eigenvalue weighted by atomic mass is 19.1. The van der Waals surface area contributed by atoms with Crippen LogP contribution in [0.4, 0.5) is 4.39 Å². The lowest BCUT2D eigenvalue weighted by molar-refractivity contribution is 0.360. The molecule has 0 radical (unpaired) electrons. The molecule has 28 heavy (non-hydrogen) atoms. The number of nitrogens with zero attached hydrogens (tertiary/aromatic N) is 5. The number of halogens is 1. The third-order valence-corrected chi connectivity index (χ3v) is 3.87. The Balaban J connectivity index is 2.05. The molecule has 3 aromatic rings. The van der Waals surface area contributed by atoms with Crippen molar-refractivity contribution in [1.82, 2.24) is 23.8 Å². The molecule has 0 N–H and O–H groups in total. The highest BCUT2D eigenvalue weighted by Crippen LogP contribution is 2.16. The molecule has 0 saturated carbocycles. The Morgan fingerprint density at radius 2 is 1.46 bits per heavy atom. The lowest BCUT2D eigenvalue weighted by Gasteiger charge is -2.10. The van der Waals surface area contributed by atoms with Crippen molar-refractivity contribution in [1.29, 1.82) is 0 Å². The van der Waals surface area contributed by atoms with Crippen LogP contribution in [-0.2, 0) is 19.6 Å². The van der Waals surface area contributed by atoms with Crippen LogP contribution in [0.5, 0.6) is 0 Å². The highest BCUT2D eigenvalue weighted by molar-refractivity contribution is 5.53. The summed E-state index contributed by atoms with van der Waals surface area (Å²) in [5.74, 6) is -0.257. The molecule has 144 valence electrons. The average Bonchev–Trinajstić information content (AvgIpc) is 3.15. The second kappa shape index (κ2) is 7.82. The van der Waals surface area contributed by atoms with Crippen molar-refractivity contribution in [2.45, 2.75) is 19.6 Å². The van der Waals surface area contributed by atoms with Crippen LogP contribution >= 0.6 is 0 Å². The second-order valence-electron chi connectivity index (χ2n) is 5.75. The van der Waals surface area contributed by atoms with Crippen LogP contribution in [-0.4, -0.2) is 23.8 Å². The molecule has 2 aromatic heterocycles. The predicted octanol–water partition coefficient (Wildman–Crippen LogP) is 0.781. The van der Waals surface area contributed by atoms with E-state index in [1.165, 1.54) is 36.4 Å². The number of allylic oxidation sites excluding steroid dienone is 2. The predicted molar refractivity (Wildman–Crippen MR) is 98.4 cm³/mol. The summed E-state index contributed by atoms with van der Waals surface area (Å²) in [4.78, 5) is 41.6. The Morgan fingerprint density at radius 3 is 2.00 bits per heavy atom. The smallest absolute Gasteiger partial charge is 0.337 e. The van der Waals surface area contributed by atoms with Crippen molar-refractivity contribution in [2.24, 2.45) is 0 Å². The topological polar surface area (TPSA) is 105 Å². The third kappa shape index (κ3) is 3.52. The van der Waals surface area contributed by atoms with Crippen molar-refractivity contribution in [3.8, 4) is 11.4 Å². The van der Waals surface area contributed by atoms with E-state index in [0.29, 0.717) is 5.56 Å². The van der Waals surface area contributed by atoms with Crippen LogP contribution < -0.4 is 17.1 Å². The molecule has 0 aliphatic heterocycles. The normalized spacial score (nSPS) is 10.8. The fraction of sp³-hybridized carbons (Fsp3) is 0.167. The van der Waals surface area contributed by atoms with Crippen molar-refractivity contribution < 1.29 is 8.91 Å². The van der Waals surface area contributed by atoms with Crippen LogP contribution in [0, 0.1) is 5.82 Å². The molecule has 0 amide bonds. The zero-order chi connectivity index (χ0) is 20.3. The molecule has 10 heteroatoms. The minimum Gasteiger partial charge on any atom is -0.337 e. The Kier molecular flexibility index (Phi) is 5.30. The van der Waals surface area contributed by atoms with E-state index in [1.54, 1.807) is 0 Å². The molecule has 2 heterocycles. The standard InChI is InChI=1S/C18H16FN5O4/c1-3-9-22-16(25)23(10-4-2)18(27)24(17(22)26)11-14-20-15(21-28-14)12-5-7-13(19)8-6-12/h3-8H,1-2,9-11H2. The van der Waals surface area contributed by atoms with Crippen LogP contribution in [0.2, 0.25) is 0 Å². The summed E-state index contributed by atoms with van der Waals surface area (Å²) in [5, 5.41) is 3.77. The maximum Gasteiger partial charge on any atom is 0.337 e. The van der Waals surface area contributed by atoms with Gasteiger partial charge >= 0.3 is 17.1 Å². The van der Waals surface area contributed by atoms with Crippen LogP contribution in [0.15, 0.2) is 68.5 Å². The Labute approximate surface area is 157 Å². The van der Waals surface area contributed by atoms with E-state index in [2.05, 4.69) is 23.3 Å². The van der Waals surface area contributed by atoms with Gasteiger partial charge in [-0.25, -0.2) is 32.5 Å². The van der Waals surface area contributed by atoms with E-state index in [9.17, 15) is 18.8 Å². The van der Waals surface area contributed by atoms with E-state index in [0.717, 1.165) is 13.7 Å². The van der Waals surface area contributed by atoms with Crippen LogP contribution in [0.1, 0.15) is 5.89 Å². The fourth-order valence-electron chi connectivity index (χ4n) is 2.56. The van der Waals surface area contributed by atoms with Gasteiger partial charge in [-0.3, -0.25) is 0 Å². The van der Waals surface area contributed by atoms with Crippen molar-refractivity contribution in [2.75, 3.05) is 0 Å². The summed E-state index contributed by atoms with van der Waals surface area (Å²) in [5.41, 5.74) is -1.90. The molecule has 0 saturated heterocycles. The first-order valence-corrected chi connectivity index (χ1v) is 8.21. The van der Waals surface area contributed by atoms with Gasteiger partial charge in [0.15, 0.2) is 0 Å². The lowest BCUT2D eigenvalue weighted by atomic mass is 10.2. The molecule has 0 fully saturated rings. The van der Waals surface area contributed by atoms with Gasteiger partial charge in [0.05, 0.1) is 13.1 Å². The van der Waals surface area contributed by atoms with Crippen molar-refractivity contribution in [3.63, 3.8) is 0 Å². The maximum atomic E-state index is 13.0. The summed E-state index contributed by atoms with van der Waals surface area (Å²) in [6.45, 7) is 6.55. The molecule has 9 nitrogen and oxygen atoms in total. The number of hydrogen-bond donors (Lipinski definition) is 0. The first-order chi connectivity index (χ1) is 13.5. The fourth-order valence-corrected chi connectivity index (χ4v) is 2.56. The van der Waals surface area contributed by atoms with E-state index < -0.39 is 22.9 Å². The number of rotatable bonds is 7. The minimum absolute atomic E-state index is 0.0209. The summed E-state index contributed by atoms with van der Waals surface area (Å²) in [6.07, 6.45) is 2.74. The summed E-state index contributed by atoms with van der Waals surface area (Å²) >= 11 is 0. The van der Waals surface area contributed by atoms with Gasteiger partial charge in [0.25, 0.3) is 0 Å². The highest BCUT2D eigenvalue weighted by Gasteiger charge is 2.17. The summed E-state index contributed by atoms with van der Waals surface area (Å²) in [7, 11) is 0. The second-order valence-corrected chi connectivity index (χ2v) is 5.75. The van der Waals surface area contributed by atoms with E-state index in [4.69, 9.17) is 4.52 Å². The number of hydrogen-bond acceptors (Lipinski definition) is 6. The van der Waals surface area contributed by atoms with Gasteiger partial charge < -0.3 is 4.52 Å². The largest absolute Gasteiger partial charge is 0.337 e. The van der Waals surface area contributed by atoms with Gasteiger partial charge in [-0.15, -0.1) is 13.2 Å². The van der Waals surface area contributed by atoms with Gasteiger partial charge in [0, 0.05) is 5.56 Å². The van der Waals surface area contributed by atoms with E-state index >= 15 is 0 Å². The average molecular weight is 385 g/mol. The van der Waals surface area contributed by atoms with Gasteiger partial charge in [-0.1, -0.05) is 17.3 Å². The van der Waals surface area contributed by atoms with E-state index in [1.807, 2.05) is 0 Å². The van der Waals surface area contributed by atoms with Crippen LogP contribution in [0.3, 0.4) is 0 Å². The summed E-state index contributed by atoms with van der Waals surface area (Å²) < 4.78 is 20.7. The van der Waals surface area contributed by atoms with Crippen molar-refractivity contribution >= 4 is 0 Å². The van der Waals surface area contributed by atoms with Crippen LogP contribution in [0.25, 0.3) is 11.4 Å². The van der Waals surface area contributed by atoms with Gasteiger partial charge in [-0.2, -0.15) is 4.98 Å². The molecule has 0 bridgehead atoms. The first kappa shape index (κ1) is 19.0. The molecule has 3 rings (SSSR count). The quantitative estimate of drug-likeness (QED) is 0.557. The minimum atomic E-state index is -0.822. The zero-order valence-corrected chi connectivity index (χ0v) is 14.7. The number of benzene rings is 1. The maximum absolute atomic E-state index is 13.0. The molecular weight excluding hydrogens is 369 g/mol. The molecule has 0 spiro atoms. The number of aromatic nitrogens is 5. The van der Waals surface area contributed by atoms with Gasteiger partial charge in [0.1, 0.15) is 12.4 Å². The monoisotopic (exact) mass is 385 g/mol. The summed E-state index contributed by atoms with van der Waals surface area (Å²) in [6, 6.07) is 5.43. The van der Waals surface area contributed by atoms with Gasteiger partial charge in [-0.05, 0) is 24.3 Å².